The van der Waals surface area contributed by atoms with Gasteiger partial charge >= 0.3 is 15.6 Å². The van der Waals surface area contributed by atoms with E-state index in [4.69, 9.17) is 28.4 Å². The van der Waals surface area contributed by atoms with E-state index in [9.17, 15) is 26.0 Å². The van der Waals surface area contributed by atoms with Gasteiger partial charge < -0.3 is 32.6 Å². The molecular formula is C19H32F4O9S. The third-order valence-corrected chi connectivity index (χ3v) is 5.30. The predicted octanol–water partition coefficient (Wildman–Crippen LogP) is 2.36. The molecule has 1 atom stereocenters. The molecule has 0 saturated heterocycles. The lowest BCUT2D eigenvalue weighted by molar-refractivity contribution is -0.0531. The Bertz CT molecular complexity index is 658. The summed E-state index contributed by atoms with van der Waals surface area (Å²) < 4.78 is 109. The van der Waals surface area contributed by atoms with Crippen LogP contribution < -0.4 is 0 Å². The summed E-state index contributed by atoms with van der Waals surface area (Å²) in [6, 6.07) is 0. The third-order valence-electron chi connectivity index (χ3n) is 4.30. The van der Waals surface area contributed by atoms with E-state index in [0.29, 0.717) is 52.9 Å². The van der Waals surface area contributed by atoms with Crippen LogP contribution in [0.2, 0.25) is 0 Å². The molecule has 0 N–H and O–H groups in total. The van der Waals surface area contributed by atoms with Crippen molar-refractivity contribution in [2.24, 2.45) is 0 Å². The highest BCUT2D eigenvalue weighted by Gasteiger charge is 2.49. The van der Waals surface area contributed by atoms with Crippen molar-refractivity contribution in [2.45, 2.75) is 30.4 Å². The van der Waals surface area contributed by atoms with Gasteiger partial charge in [0.25, 0.3) is 0 Å². The molecule has 0 aromatic carbocycles. The Kier molecular flexibility index (Phi) is 14.4. The number of rotatable bonds is 19. The fourth-order valence-electron chi connectivity index (χ4n) is 2.52. The summed E-state index contributed by atoms with van der Waals surface area (Å²) in [6.07, 6.45) is 0.184. The van der Waals surface area contributed by atoms with Gasteiger partial charge in [0, 0.05) is 20.0 Å². The Morgan fingerprint density at radius 2 is 1.30 bits per heavy atom. The van der Waals surface area contributed by atoms with E-state index < -0.39 is 27.1 Å². The highest BCUT2D eigenvalue weighted by molar-refractivity contribution is 7.87. The normalized spacial score (nSPS) is 19.5. The lowest BCUT2D eigenvalue weighted by Gasteiger charge is -2.28. The first kappa shape index (κ1) is 30.0. The van der Waals surface area contributed by atoms with E-state index in [1.807, 2.05) is 0 Å². The highest BCUT2D eigenvalue weighted by atomic mass is 32.2. The summed E-state index contributed by atoms with van der Waals surface area (Å²) in [4.78, 5) is 0. The highest BCUT2D eigenvalue weighted by Crippen LogP contribution is 2.35. The second-order valence-electron chi connectivity index (χ2n) is 7.00. The topological polar surface area (TPSA) is 98.8 Å². The van der Waals surface area contributed by atoms with Gasteiger partial charge in [-0.1, -0.05) is 0 Å². The van der Waals surface area contributed by atoms with Gasteiger partial charge in [-0.2, -0.15) is 21.6 Å². The number of halogens is 4. The molecule has 1 aliphatic carbocycles. The van der Waals surface area contributed by atoms with Crippen LogP contribution in [0.5, 0.6) is 0 Å². The minimum absolute atomic E-state index is 0.118. The lowest BCUT2D eigenvalue weighted by atomic mass is 9.91. The fourth-order valence-corrected chi connectivity index (χ4v) is 3.05. The lowest BCUT2D eigenvalue weighted by Crippen LogP contribution is -2.33. The van der Waals surface area contributed by atoms with Crippen LogP contribution in [0.1, 0.15) is 19.3 Å². The maximum atomic E-state index is 14.6. The first-order valence-corrected chi connectivity index (χ1v) is 11.8. The minimum Gasteiger partial charge on any atom is -0.382 e. The molecule has 0 fully saturated rings. The third kappa shape index (κ3) is 13.4. The summed E-state index contributed by atoms with van der Waals surface area (Å²) in [5.41, 5.74) is -7.34. The Labute approximate surface area is 191 Å². The molecule has 0 amide bonds. The van der Waals surface area contributed by atoms with E-state index in [-0.39, 0.29) is 39.1 Å². The summed E-state index contributed by atoms with van der Waals surface area (Å²) in [6.45, 7) is 3.56. The first-order chi connectivity index (χ1) is 15.6. The zero-order valence-corrected chi connectivity index (χ0v) is 19.4. The Morgan fingerprint density at radius 3 is 1.70 bits per heavy atom. The smallest absolute Gasteiger partial charge is 0.382 e. The zero-order chi connectivity index (χ0) is 24.6. The average Bonchev–Trinajstić information content (AvgIpc) is 2.74. The van der Waals surface area contributed by atoms with Crippen molar-refractivity contribution >= 4 is 10.1 Å². The summed E-state index contributed by atoms with van der Waals surface area (Å²) in [5.74, 6) is -0.426. The second-order valence-corrected chi connectivity index (χ2v) is 8.54. The van der Waals surface area contributed by atoms with Gasteiger partial charge in [0.05, 0.1) is 72.7 Å². The Morgan fingerprint density at radius 1 is 0.848 bits per heavy atom. The van der Waals surface area contributed by atoms with Gasteiger partial charge in [-0.15, -0.1) is 0 Å². The maximum absolute atomic E-state index is 14.6. The van der Waals surface area contributed by atoms with Crippen molar-refractivity contribution in [3.05, 3.63) is 11.8 Å². The molecular weight excluding hydrogens is 480 g/mol. The molecule has 1 aliphatic rings. The fraction of sp³-hybridized carbons (Fsp3) is 0.895. The van der Waals surface area contributed by atoms with Crippen LogP contribution in [0.15, 0.2) is 11.8 Å². The van der Waals surface area contributed by atoms with E-state index in [1.54, 1.807) is 7.11 Å². The quantitative estimate of drug-likeness (QED) is 0.112. The van der Waals surface area contributed by atoms with E-state index >= 15 is 0 Å². The molecule has 0 heterocycles. The molecule has 0 spiro atoms. The molecule has 9 nitrogen and oxygen atoms in total. The van der Waals surface area contributed by atoms with Crippen LogP contribution in [0.3, 0.4) is 0 Å². The Balaban J connectivity index is 1.99. The van der Waals surface area contributed by atoms with Crippen LogP contribution in [-0.2, 0) is 42.7 Å². The molecule has 0 radical (unpaired) electrons. The number of hydrogen-bond acceptors (Lipinski definition) is 9. The largest absolute Gasteiger partial charge is 0.534 e. The van der Waals surface area contributed by atoms with E-state index in [2.05, 4.69) is 4.18 Å². The number of alkyl halides is 4. The van der Waals surface area contributed by atoms with Gasteiger partial charge in [0.15, 0.2) is 0 Å². The van der Waals surface area contributed by atoms with Gasteiger partial charge in [-0.05, 0) is 12.5 Å². The standard InChI is InChI=1S/C19H32F4O9S/c1-26-6-7-27-8-9-28-10-11-29-12-13-30-14-15-31-16-18(20)4-2-17(3-5-18)32-33(24,25)19(21,22)23/h2H,3-16H2,1H3/t18-/m1/s1. The molecule has 0 unspecified atom stereocenters. The minimum atomic E-state index is -5.74. The molecule has 14 heteroatoms. The van der Waals surface area contributed by atoms with Crippen molar-refractivity contribution in [1.82, 2.24) is 0 Å². The first-order valence-electron chi connectivity index (χ1n) is 10.4. The van der Waals surface area contributed by atoms with Gasteiger partial charge in [-0.25, -0.2) is 4.39 Å². The second kappa shape index (κ2) is 15.8. The average molecular weight is 513 g/mol. The van der Waals surface area contributed by atoms with Crippen molar-refractivity contribution in [3.63, 3.8) is 0 Å². The molecule has 1 rings (SSSR count). The SMILES string of the molecule is COCCOCCOCCOCCOCCOC[C@@]1(F)CC=C(OS(=O)(=O)C(F)(F)F)CC1. The summed E-state index contributed by atoms with van der Waals surface area (Å²) in [7, 11) is -4.14. The number of hydrogen-bond donors (Lipinski definition) is 0. The molecule has 0 bridgehead atoms. The summed E-state index contributed by atoms with van der Waals surface area (Å²) >= 11 is 0. The number of ether oxygens (including phenoxy) is 6. The molecule has 33 heavy (non-hydrogen) atoms. The van der Waals surface area contributed by atoms with Crippen LogP contribution in [0.25, 0.3) is 0 Å². The monoisotopic (exact) mass is 512 g/mol. The van der Waals surface area contributed by atoms with Crippen LogP contribution in [0, 0.1) is 0 Å². The van der Waals surface area contributed by atoms with Crippen LogP contribution in [0.4, 0.5) is 17.6 Å². The van der Waals surface area contributed by atoms with Gasteiger partial charge in [0.1, 0.15) is 11.4 Å². The van der Waals surface area contributed by atoms with Gasteiger partial charge in [-0.3, -0.25) is 0 Å². The summed E-state index contributed by atoms with van der Waals surface area (Å²) in [5, 5.41) is 0. The number of allylic oxidation sites excluding steroid dienone is 2. The van der Waals surface area contributed by atoms with Crippen molar-refractivity contribution in [1.29, 1.82) is 0 Å². The molecule has 0 aromatic heterocycles. The number of methoxy groups -OCH3 is 1. The predicted molar refractivity (Wildman–Crippen MR) is 108 cm³/mol. The van der Waals surface area contributed by atoms with E-state index in [1.165, 1.54) is 0 Å². The van der Waals surface area contributed by atoms with Crippen LogP contribution >= 0.6 is 0 Å². The van der Waals surface area contributed by atoms with Crippen molar-refractivity contribution in [2.75, 3.05) is 79.8 Å². The maximum Gasteiger partial charge on any atom is 0.534 e. The molecule has 196 valence electrons. The van der Waals surface area contributed by atoms with Crippen molar-refractivity contribution < 1.29 is 58.6 Å². The van der Waals surface area contributed by atoms with Crippen LogP contribution in [-0.4, -0.2) is 99.4 Å². The van der Waals surface area contributed by atoms with Gasteiger partial charge in [0.2, 0.25) is 0 Å². The zero-order valence-electron chi connectivity index (χ0n) is 18.6. The van der Waals surface area contributed by atoms with E-state index in [0.717, 1.165) is 6.08 Å². The Hall–Kier alpha value is -1.03. The molecule has 0 aromatic rings. The molecule has 0 saturated carbocycles. The molecule has 0 aliphatic heterocycles. The van der Waals surface area contributed by atoms with Crippen molar-refractivity contribution in [3.8, 4) is 0 Å².